The van der Waals surface area contributed by atoms with E-state index >= 15 is 0 Å². The molecule has 0 saturated carbocycles. The smallest absolute Gasteiger partial charge is 0.168 e. The summed E-state index contributed by atoms with van der Waals surface area (Å²) in [6.07, 6.45) is 0. The predicted molar refractivity (Wildman–Crippen MR) is 254 cm³/mol. The lowest BCUT2D eigenvalue weighted by atomic mass is 10.0. The fraction of sp³-hybridized carbons (Fsp3) is 0. The van der Waals surface area contributed by atoms with Gasteiger partial charge in [-0.3, -0.25) is 4.57 Å². The van der Waals surface area contributed by atoms with Crippen molar-refractivity contribution in [1.29, 1.82) is 0 Å². The molecule has 0 radical (unpaired) electrons. The summed E-state index contributed by atoms with van der Waals surface area (Å²) in [6, 6.07) is 75.2. The third-order valence-electron chi connectivity index (χ3n) is 12.4. The first-order chi connectivity index (χ1) is 30.8. The van der Waals surface area contributed by atoms with Gasteiger partial charge < -0.3 is 13.6 Å². The molecule has 0 spiro atoms. The van der Waals surface area contributed by atoms with Gasteiger partial charge in [-0.05, 0) is 60.7 Å². The van der Waals surface area contributed by atoms with Crippen LogP contribution in [0.25, 0.3) is 117 Å². The molecule has 9 aromatic carbocycles. The van der Waals surface area contributed by atoms with Crippen molar-refractivity contribution in [3.63, 3.8) is 0 Å². The monoisotopic (exact) mass is 793 g/mol. The van der Waals surface area contributed by atoms with E-state index in [2.05, 4.69) is 190 Å². The van der Waals surface area contributed by atoms with Crippen LogP contribution in [0.4, 0.5) is 0 Å². The summed E-state index contributed by atoms with van der Waals surface area (Å²) in [6.45, 7) is 0. The van der Waals surface area contributed by atoms with Gasteiger partial charge in [0, 0.05) is 60.3 Å². The molecule has 290 valence electrons. The molecule has 0 bridgehead atoms. The minimum atomic E-state index is 0.776. The van der Waals surface area contributed by atoms with Crippen molar-refractivity contribution < 1.29 is 4.42 Å². The summed E-state index contributed by atoms with van der Waals surface area (Å²) in [7, 11) is 0. The topological polar surface area (TPSA) is 53.7 Å². The van der Waals surface area contributed by atoms with E-state index in [1.807, 2.05) is 36.4 Å². The molecule has 0 saturated heterocycles. The molecule has 0 atom stereocenters. The normalized spacial score (nSPS) is 11.9. The van der Waals surface area contributed by atoms with Crippen LogP contribution in [0.1, 0.15) is 0 Å². The number of furan rings is 1. The van der Waals surface area contributed by atoms with Gasteiger partial charge in [0.2, 0.25) is 0 Å². The molecule has 0 amide bonds. The highest BCUT2D eigenvalue weighted by Gasteiger charge is 2.23. The maximum Gasteiger partial charge on any atom is 0.168 e. The van der Waals surface area contributed by atoms with Crippen molar-refractivity contribution in [3.05, 3.63) is 212 Å². The number of para-hydroxylation sites is 6. The molecule has 62 heavy (non-hydrogen) atoms. The quantitative estimate of drug-likeness (QED) is 0.168. The van der Waals surface area contributed by atoms with Crippen LogP contribution in [-0.4, -0.2) is 23.9 Å². The Morgan fingerprint density at radius 2 is 0.823 bits per heavy atom. The molecule has 0 aliphatic carbocycles. The molecule has 4 heterocycles. The Bertz CT molecular complexity index is 3870. The van der Waals surface area contributed by atoms with Crippen LogP contribution in [-0.2, 0) is 0 Å². The first-order valence-electron chi connectivity index (χ1n) is 20.9. The van der Waals surface area contributed by atoms with Gasteiger partial charge in [-0.1, -0.05) is 152 Å². The van der Waals surface area contributed by atoms with Crippen molar-refractivity contribution in [3.8, 4) is 51.0 Å². The van der Waals surface area contributed by atoms with Crippen LogP contribution in [0.5, 0.6) is 0 Å². The fourth-order valence-corrected chi connectivity index (χ4v) is 9.68. The molecule has 4 aromatic heterocycles. The molecule has 0 fully saturated rings. The second-order valence-electron chi connectivity index (χ2n) is 15.8. The van der Waals surface area contributed by atoms with E-state index in [0.29, 0.717) is 0 Å². The van der Waals surface area contributed by atoms with Crippen molar-refractivity contribution in [2.24, 2.45) is 0 Å². The number of aromatic nitrogens is 5. The summed E-state index contributed by atoms with van der Waals surface area (Å²) in [5.41, 5.74) is 13.7. The lowest BCUT2D eigenvalue weighted by molar-refractivity contribution is 0.669. The molecule has 6 heteroatoms. The minimum Gasteiger partial charge on any atom is -0.456 e. The molecule has 0 aliphatic rings. The van der Waals surface area contributed by atoms with E-state index < -0.39 is 0 Å². The molecule has 0 N–H and O–H groups in total. The number of hydrogen-bond donors (Lipinski definition) is 0. The van der Waals surface area contributed by atoms with Crippen LogP contribution in [0.2, 0.25) is 0 Å². The van der Waals surface area contributed by atoms with Gasteiger partial charge in [-0.2, -0.15) is 0 Å². The Morgan fingerprint density at radius 1 is 0.306 bits per heavy atom. The lowest BCUT2D eigenvalue weighted by Gasteiger charge is -2.18. The highest BCUT2D eigenvalue weighted by atomic mass is 16.3. The maximum absolute atomic E-state index is 6.41. The summed E-state index contributed by atoms with van der Waals surface area (Å²) in [5.74, 6) is 1.57. The first-order valence-corrected chi connectivity index (χ1v) is 20.9. The van der Waals surface area contributed by atoms with Crippen molar-refractivity contribution in [2.75, 3.05) is 0 Å². The largest absolute Gasteiger partial charge is 0.456 e. The van der Waals surface area contributed by atoms with E-state index in [1.165, 1.54) is 16.2 Å². The highest BCUT2D eigenvalue weighted by Crippen LogP contribution is 2.43. The SMILES string of the molecule is c1ccc(-c2nnc(-c3ccc4c5ccccc5n(-c5ccccc5-c5ccccc5-n5c6ccccc6c6cc7oc8ccccc8c7cc65)c4c3)n2-c2ccccc2)cc1. The van der Waals surface area contributed by atoms with Crippen molar-refractivity contribution >= 4 is 65.6 Å². The molecule has 0 unspecified atom stereocenters. The van der Waals surface area contributed by atoms with Crippen molar-refractivity contribution in [1.82, 2.24) is 23.9 Å². The molecular weight excluding hydrogens is 759 g/mol. The van der Waals surface area contributed by atoms with E-state index in [4.69, 9.17) is 14.6 Å². The Balaban J connectivity index is 1.05. The molecule has 0 aliphatic heterocycles. The Kier molecular flexibility index (Phi) is 7.50. The summed E-state index contributed by atoms with van der Waals surface area (Å²) < 4.78 is 13.4. The van der Waals surface area contributed by atoms with Crippen LogP contribution in [0, 0.1) is 0 Å². The van der Waals surface area contributed by atoms with Crippen molar-refractivity contribution in [2.45, 2.75) is 0 Å². The van der Waals surface area contributed by atoms with Gasteiger partial charge in [0.1, 0.15) is 11.2 Å². The molecule has 6 nitrogen and oxygen atoms in total. The number of fused-ring (bicyclic) bond motifs is 9. The average molecular weight is 794 g/mol. The Labute approximate surface area is 355 Å². The van der Waals surface area contributed by atoms with E-state index in [-0.39, 0.29) is 0 Å². The average Bonchev–Trinajstić information content (AvgIpc) is 4.11. The van der Waals surface area contributed by atoms with Gasteiger partial charge in [0.25, 0.3) is 0 Å². The standard InChI is InChI=1S/C56H35N5O/c1-3-17-36(18-4-1)55-57-58-56(59(55)38-19-5-2-6-20-38)37-31-32-43-41-23-9-14-28-49(41)60(51(43)33-37)47-26-12-7-21-39(47)40-22-8-13-27-48(40)61-50-29-15-10-24-42(50)45-35-54-46(34-52(45)61)44-25-11-16-30-53(44)62-54/h1-35H. The van der Waals surface area contributed by atoms with Gasteiger partial charge in [0.15, 0.2) is 11.6 Å². The fourth-order valence-electron chi connectivity index (χ4n) is 9.68. The van der Waals surface area contributed by atoms with Gasteiger partial charge in [-0.15, -0.1) is 10.2 Å². The predicted octanol–water partition coefficient (Wildman–Crippen LogP) is 14.4. The van der Waals surface area contributed by atoms with E-state index in [9.17, 15) is 0 Å². The third kappa shape index (κ3) is 5.10. The summed E-state index contributed by atoms with van der Waals surface area (Å²) in [5, 5.41) is 16.6. The lowest BCUT2D eigenvalue weighted by Crippen LogP contribution is -2.02. The van der Waals surface area contributed by atoms with Crippen LogP contribution >= 0.6 is 0 Å². The van der Waals surface area contributed by atoms with Gasteiger partial charge >= 0.3 is 0 Å². The van der Waals surface area contributed by atoms with Gasteiger partial charge in [0.05, 0.1) is 33.4 Å². The number of benzene rings is 9. The Hall–Kier alpha value is -8.48. The number of hydrogen-bond acceptors (Lipinski definition) is 3. The zero-order chi connectivity index (χ0) is 40.7. The van der Waals surface area contributed by atoms with Crippen LogP contribution in [0.3, 0.4) is 0 Å². The van der Waals surface area contributed by atoms with Gasteiger partial charge in [-0.25, -0.2) is 0 Å². The second-order valence-corrected chi connectivity index (χ2v) is 15.8. The number of nitrogens with zero attached hydrogens (tertiary/aromatic N) is 5. The summed E-state index contributed by atoms with van der Waals surface area (Å²) in [4.78, 5) is 0. The zero-order valence-corrected chi connectivity index (χ0v) is 33.4. The zero-order valence-electron chi connectivity index (χ0n) is 33.4. The molecule has 13 aromatic rings. The minimum absolute atomic E-state index is 0.776. The second kappa shape index (κ2) is 13.5. The first kappa shape index (κ1) is 34.4. The van der Waals surface area contributed by atoms with Crippen LogP contribution < -0.4 is 0 Å². The maximum atomic E-state index is 6.41. The molecule has 13 rings (SSSR count). The number of rotatable bonds is 6. The van der Waals surface area contributed by atoms with Crippen LogP contribution in [0.15, 0.2) is 217 Å². The Morgan fingerprint density at radius 3 is 1.52 bits per heavy atom. The highest BCUT2D eigenvalue weighted by molar-refractivity contribution is 6.17. The van der Waals surface area contributed by atoms with E-state index in [1.54, 1.807) is 0 Å². The van der Waals surface area contributed by atoms with E-state index in [0.717, 1.165) is 100 Å². The molecular formula is C56H35N5O. The third-order valence-corrected chi connectivity index (χ3v) is 12.4. The summed E-state index contributed by atoms with van der Waals surface area (Å²) >= 11 is 0.